The molecule has 4 heteroatoms. The predicted molar refractivity (Wildman–Crippen MR) is 127 cm³/mol. The Kier molecular flexibility index (Phi) is 12.2. The maximum Gasteiger partial charge on any atom is 0.119 e. The Balaban J connectivity index is 0.00000480. The normalized spacial score (nSPS) is 11.8. The Hall–Kier alpha value is -1.55. The summed E-state index contributed by atoms with van der Waals surface area (Å²) in [4.78, 5) is 0. The first-order chi connectivity index (χ1) is 14.3. The second-order valence-corrected chi connectivity index (χ2v) is 9.63. The Labute approximate surface area is 196 Å². The minimum Gasteiger partial charge on any atom is -1.00 e. The first-order valence-corrected chi connectivity index (χ1v) is 11.5. The molecule has 0 N–H and O–H groups in total. The lowest BCUT2D eigenvalue weighted by molar-refractivity contribution is -0.904. The Bertz CT molecular complexity index is 714. The topological polar surface area (TPSA) is 18.5 Å². The van der Waals surface area contributed by atoms with E-state index in [0.29, 0.717) is 13.2 Å². The third kappa shape index (κ3) is 10.5. The van der Waals surface area contributed by atoms with Crippen LogP contribution in [0.2, 0.25) is 0 Å². The monoisotopic (exact) mass is 447 g/mol. The lowest BCUT2D eigenvalue weighted by Crippen LogP contribution is -3.00. The minimum atomic E-state index is 0. The van der Waals surface area contributed by atoms with Crippen LogP contribution in [0.15, 0.2) is 54.6 Å². The summed E-state index contributed by atoms with van der Waals surface area (Å²) in [5, 5.41) is 0. The van der Waals surface area contributed by atoms with Gasteiger partial charge in [0.05, 0.1) is 27.3 Å². The highest BCUT2D eigenvalue weighted by Crippen LogP contribution is 2.30. The van der Waals surface area contributed by atoms with E-state index >= 15 is 0 Å². The molecule has 0 unspecified atom stereocenters. The molecule has 0 fully saturated rings. The lowest BCUT2D eigenvalue weighted by atomic mass is 9.80. The first-order valence-electron chi connectivity index (χ1n) is 11.5. The van der Waals surface area contributed by atoms with Crippen molar-refractivity contribution in [2.75, 3.05) is 40.5 Å². The summed E-state index contributed by atoms with van der Waals surface area (Å²) in [6, 6.07) is 19.3. The minimum absolute atomic E-state index is 0. The molecule has 31 heavy (non-hydrogen) atoms. The largest absolute Gasteiger partial charge is 1.00 e. The van der Waals surface area contributed by atoms with Crippen LogP contribution in [0.3, 0.4) is 0 Å². The van der Waals surface area contributed by atoms with Crippen molar-refractivity contribution in [3.63, 3.8) is 0 Å². The highest BCUT2D eigenvalue weighted by Gasteiger charge is 2.20. The van der Waals surface area contributed by atoms with Crippen molar-refractivity contribution < 1.29 is 26.4 Å². The van der Waals surface area contributed by atoms with Gasteiger partial charge in [-0.3, -0.25) is 0 Å². The number of likely N-dealkylation sites (N-methyl/N-ethyl adjacent to an activating group) is 1. The van der Waals surface area contributed by atoms with E-state index in [-0.39, 0.29) is 17.8 Å². The maximum absolute atomic E-state index is 5.87. The van der Waals surface area contributed by atoms with Gasteiger partial charge in [0, 0.05) is 5.56 Å². The summed E-state index contributed by atoms with van der Waals surface area (Å²) in [6.45, 7) is 10.9. The van der Waals surface area contributed by atoms with Crippen molar-refractivity contribution >= 4 is 0 Å². The molecule has 2 aromatic rings. The molecular weight excluding hydrogens is 406 g/mol. The van der Waals surface area contributed by atoms with Gasteiger partial charge in [0.2, 0.25) is 0 Å². The highest BCUT2D eigenvalue weighted by atomic mass is 35.5. The van der Waals surface area contributed by atoms with Gasteiger partial charge in [-0.05, 0) is 29.5 Å². The number of rotatable bonds is 14. The van der Waals surface area contributed by atoms with E-state index in [1.165, 1.54) is 36.8 Å². The third-order valence-corrected chi connectivity index (χ3v) is 5.83. The summed E-state index contributed by atoms with van der Waals surface area (Å²) in [5.74, 6) is 0.923. The predicted octanol–water partition coefficient (Wildman–Crippen LogP) is 3.22. The first kappa shape index (κ1) is 27.5. The lowest BCUT2D eigenvalue weighted by Gasteiger charge is -2.29. The number of halogens is 1. The number of unbranched alkanes of at least 4 members (excludes halogenated alkanes) is 2. The van der Waals surface area contributed by atoms with Crippen molar-refractivity contribution in [1.82, 2.24) is 0 Å². The second-order valence-electron chi connectivity index (χ2n) is 9.63. The Morgan fingerprint density at radius 2 is 1.52 bits per heavy atom. The van der Waals surface area contributed by atoms with Gasteiger partial charge < -0.3 is 26.4 Å². The van der Waals surface area contributed by atoms with Crippen LogP contribution >= 0.6 is 0 Å². The van der Waals surface area contributed by atoms with Gasteiger partial charge in [0.1, 0.15) is 25.4 Å². The smallest absolute Gasteiger partial charge is 0.119 e. The molecule has 0 bridgehead atoms. The fourth-order valence-electron chi connectivity index (χ4n) is 3.75. The maximum atomic E-state index is 5.87. The fraction of sp³-hybridized carbons (Fsp3) is 0.556. The highest BCUT2D eigenvalue weighted by molar-refractivity contribution is 5.31. The van der Waals surface area contributed by atoms with Crippen LogP contribution in [0.25, 0.3) is 0 Å². The number of ether oxygens (including phenoxy) is 2. The van der Waals surface area contributed by atoms with Crippen LogP contribution in [0, 0.1) is 0 Å². The van der Waals surface area contributed by atoms with E-state index in [9.17, 15) is 0 Å². The third-order valence-electron chi connectivity index (χ3n) is 5.83. The molecule has 2 rings (SSSR count). The van der Waals surface area contributed by atoms with Crippen LogP contribution in [0.4, 0.5) is 0 Å². The number of nitrogens with zero attached hydrogens (tertiary/aromatic N) is 1. The van der Waals surface area contributed by atoms with Crippen molar-refractivity contribution in [3.05, 3.63) is 65.7 Å². The van der Waals surface area contributed by atoms with E-state index in [2.05, 4.69) is 89.5 Å². The fourth-order valence-corrected chi connectivity index (χ4v) is 3.75. The van der Waals surface area contributed by atoms with E-state index in [0.717, 1.165) is 29.9 Å². The molecule has 0 saturated heterocycles. The molecule has 0 aliphatic rings. The molecule has 0 aliphatic carbocycles. The van der Waals surface area contributed by atoms with Gasteiger partial charge >= 0.3 is 0 Å². The Morgan fingerprint density at radius 1 is 0.839 bits per heavy atom. The molecule has 0 atom stereocenters. The molecule has 0 saturated carbocycles. The summed E-state index contributed by atoms with van der Waals surface area (Å²) < 4.78 is 12.6. The van der Waals surface area contributed by atoms with Crippen LogP contribution in [0.1, 0.15) is 57.6 Å². The van der Waals surface area contributed by atoms with Crippen LogP contribution in [-0.4, -0.2) is 44.9 Å². The standard InChI is InChI=1S/C27H42NO2.ClH/c1-6-7-11-18-27(2,3)25-14-16-26(17-15-25)30-22-21-29-20-19-28(4,5)23-24-12-9-8-10-13-24;/h8-10,12-17H,6-7,11,18-23H2,1-5H3;1H/q+1;/p-1. The van der Waals surface area contributed by atoms with Crippen LogP contribution in [0.5, 0.6) is 5.75 Å². The molecule has 174 valence electrons. The van der Waals surface area contributed by atoms with E-state index < -0.39 is 0 Å². The van der Waals surface area contributed by atoms with Crippen molar-refractivity contribution in [2.45, 2.75) is 58.4 Å². The van der Waals surface area contributed by atoms with Gasteiger partial charge in [0.25, 0.3) is 0 Å². The van der Waals surface area contributed by atoms with Crippen LogP contribution < -0.4 is 17.1 Å². The zero-order chi connectivity index (χ0) is 21.9. The average Bonchev–Trinajstić information content (AvgIpc) is 2.71. The van der Waals surface area contributed by atoms with Crippen molar-refractivity contribution in [3.8, 4) is 5.75 Å². The van der Waals surface area contributed by atoms with Gasteiger partial charge in [-0.1, -0.05) is 82.5 Å². The van der Waals surface area contributed by atoms with Gasteiger partial charge in [-0.15, -0.1) is 0 Å². The second kappa shape index (κ2) is 13.8. The van der Waals surface area contributed by atoms with E-state index in [1.54, 1.807) is 0 Å². The van der Waals surface area contributed by atoms with E-state index in [1.807, 2.05) is 0 Å². The number of hydrogen-bond donors (Lipinski definition) is 0. The van der Waals surface area contributed by atoms with Gasteiger partial charge in [-0.2, -0.15) is 0 Å². The van der Waals surface area contributed by atoms with Gasteiger partial charge in [-0.25, -0.2) is 0 Å². The Morgan fingerprint density at radius 3 is 2.16 bits per heavy atom. The summed E-state index contributed by atoms with van der Waals surface area (Å²) >= 11 is 0. The number of benzene rings is 2. The molecule has 0 aliphatic heterocycles. The molecule has 0 spiro atoms. The molecule has 3 nitrogen and oxygen atoms in total. The molecule has 0 heterocycles. The quantitative estimate of drug-likeness (QED) is 0.327. The molecule has 0 amide bonds. The van der Waals surface area contributed by atoms with Gasteiger partial charge in [0.15, 0.2) is 0 Å². The summed E-state index contributed by atoms with van der Waals surface area (Å²) in [7, 11) is 4.50. The molecule has 2 aromatic carbocycles. The summed E-state index contributed by atoms with van der Waals surface area (Å²) in [5.41, 5.74) is 2.98. The SMILES string of the molecule is CCCCCC(C)(C)c1ccc(OCCOCC[N+](C)(C)Cc2ccccc2)cc1.[Cl-]. The summed E-state index contributed by atoms with van der Waals surface area (Å²) in [6.07, 6.45) is 5.11. The van der Waals surface area contributed by atoms with Crippen molar-refractivity contribution in [1.29, 1.82) is 0 Å². The zero-order valence-electron chi connectivity index (χ0n) is 20.2. The van der Waals surface area contributed by atoms with E-state index in [4.69, 9.17) is 9.47 Å². The number of quaternary nitrogens is 1. The van der Waals surface area contributed by atoms with Crippen molar-refractivity contribution in [2.24, 2.45) is 0 Å². The zero-order valence-corrected chi connectivity index (χ0v) is 21.0. The molecular formula is C27H42ClNO2. The molecule has 0 radical (unpaired) electrons. The number of hydrogen-bond acceptors (Lipinski definition) is 2. The van der Waals surface area contributed by atoms with Crippen LogP contribution in [-0.2, 0) is 16.7 Å². The molecule has 0 aromatic heterocycles. The average molecular weight is 448 g/mol.